The van der Waals surface area contributed by atoms with E-state index in [9.17, 15) is 9.59 Å². The number of carbonyl (C=O) groups is 2. The second-order valence-electron chi connectivity index (χ2n) is 4.19. The summed E-state index contributed by atoms with van der Waals surface area (Å²) in [5, 5.41) is 5.58. The molecule has 0 saturated carbocycles. The van der Waals surface area contributed by atoms with E-state index in [0.717, 1.165) is 5.56 Å². The molecule has 4 nitrogen and oxygen atoms in total. The highest BCUT2D eigenvalue weighted by Gasteiger charge is 2.15. The summed E-state index contributed by atoms with van der Waals surface area (Å²) < 4.78 is 0. The van der Waals surface area contributed by atoms with Crippen molar-refractivity contribution in [2.24, 2.45) is 0 Å². The Kier molecular flexibility index (Phi) is 4.38. The van der Waals surface area contributed by atoms with Gasteiger partial charge in [0.15, 0.2) is 0 Å². The van der Waals surface area contributed by atoms with Gasteiger partial charge in [-0.25, -0.2) is 0 Å². The Hall–Kier alpha value is -2.33. The predicted octanol–water partition coefficient (Wildman–Crippen LogP) is 3.23. The van der Waals surface area contributed by atoms with Crippen LogP contribution in [0.3, 0.4) is 0 Å². The highest BCUT2D eigenvalue weighted by atomic mass is 35.5. The number of anilines is 2. The van der Waals surface area contributed by atoms with Crippen LogP contribution in [0.25, 0.3) is 0 Å². The highest BCUT2D eigenvalue weighted by molar-refractivity contribution is 6.44. The molecule has 0 saturated heterocycles. The lowest BCUT2D eigenvalue weighted by Crippen LogP contribution is -2.29. The summed E-state index contributed by atoms with van der Waals surface area (Å²) in [6.45, 7) is 1.77. The molecule has 0 atom stereocenters. The van der Waals surface area contributed by atoms with E-state index in [2.05, 4.69) is 10.6 Å². The first-order valence-corrected chi connectivity index (χ1v) is 6.38. The van der Waals surface area contributed by atoms with Gasteiger partial charge in [0.2, 0.25) is 0 Å². The largest absolute Gasteiger partial charge is 0.318 e. The fraction of sp³-hybridized carbons (Fsp3) is 0.0667. The maximum atomic E-state index is 11.8. The Labute approximate surface area is 121 Å². The second-order valence-corrected chi connectivity index (χ2v) is 4.59. The summed E-state index contributed by atoms with van der Waals surface area (Å²) >= 11 is 5.95. The van der Waals surface area contributed by atoms with Crippen molar-refractivity contribution in [1.82, 2.24) is 0 Å². The van der Waals surface area contributed by atoms with Gasteiger partial charge in [-0.15, -0.1) is 0 Å². The van der Waals surface area contributed by atoms with Crippen molar-refractivity contribution >= 4 is 34.8 Å². The molecule has 2 N–H and O–H groups in total. The van der Waals surface area contributed by atoms with Crippen LogP contribution in [0.5, 0.6) is 0 Å². The maximum absolute atomic E-state index is 11.8. The third-order valence-electron chi connectivity index (χ3n) is 2.75. The molecule has 0 radical (unpaired) electrons. The van der Waals surface area contributed by atoms with Gasteiger partial charge in [0, 0.05) is 16.4 Å². The molecular weight excluding hydrogens is 276 g/mol. The molecule has 102 valence electrons. The lowest BCUT2D eigenvalue weighted by atomic mass is 10.2. The molecule has 0 spiro atoms. The van der Waals surface area contributed by atoms with Crippen molar-refractivity contribution in [2.45, 2.75) is 6.92 Å². The Balaban J connectivity index is 2.05. The first kappa shape index (κ1) is 14.1. The molecule has 2 aromatic rings. The van der Waals surface area contributed by atoms with Crippen molar-refractivity contribution in [3.63, 3.8) is 0 Å². The van der Waals surface area contributed by atoms with Gasteiger partial charge >= 0.3 is 11.8 Å². The summed E-state index contributed by atoms with van der Waals surface area (Å²) in [5.41, 5.74) is 1.80. The van der Waals surface area contributed by atoms with E-state index < -0.39 is 11.8 Å². The van der Waals surface area contributed by atoms with E-state index in [0.29, 0.717) is 16.4 Å². The third-order valence-corrected chi connectivity index (χ3v) is 3.16. The Morgan fingerprint density at radius 3 is 2.25 bits per heavy atom. The van der Waals surface area contributed by atoms with Gasteiger partial charge in [0.25, 0.3) is 0 Å². The van der Waals surface area contributed by atoms with Gasteiger partial charge in [0.05, 0.1) is 0 Å². The number of hydrogen-bond acceptors (Lipinski definition) is 2. The van der Waals surface area contributed by atoms with Crippen molar-refractivity contribution < 1.29 is 9.59 Å². The minimum absolute atomic E-state index is 0.519. The van der Waals surface area contributed by atoms with Gasteiger partial charge < -0.3 is 10.6 Å². The first-order chi connectivity index (χ1) is 9.58. The Morgan fingerprint density at radius 2 is 1.55 bits per heavy atom. The number of hydrogen-bond donors (Lipinski definition) is 2. The number of benzene rings is 2. The van der Waals surface area contributed by atoms with E-state index >= 15 is 0 Å². The average Bonchev–Trinajstić information content (AvgIpc) is 2.45. The summed E-state index contributed by atoms with van der Waals surface area (Å²) in [4.78, 5) is 23.6. The molecular formula is C15H13ClN2O2. The lowest BCUT2D eigenvalue weighted by Gasteiger charge is -2.09. The van der Waals surface area contributed by atoms with Crippen LogP contribution in [0.2, 0.25) is 5.02 Å². The standard InChI is InChI=1S/C15H13ClN2O2/c1-10-12(16)8-5-9-13(10)18-15(20)14(19)17-11-6-3-2-4-7-11/h2-9H,1H3,(H,17,19)(H,18,20). The van der Waals surface area contributed by atoms with Crippen LogP contribution in [0.1, 0.15) is 5.56 Å². The molecule has 2 aromatic carbocycles. The number of para-hydroxylation sites is 1. The molecule has 0 unspecified atom stereocenters. The zero-order valence-electron chi connectivity index (χ0n) is 10.8. The number of rotatable bonds is 2. The normalized spacial score (nSPS) is 9.90. The van der Waals surface area contributed by atoms with E-state index in [1.165, 1.54) is 0 Å². The number of halogens is 1. The zero-order chi connectivity index (χ0) is 14.5. The Morgan fingerprint density at radius 1 is 0.900 bits per heavy atom. The van der Waals surface area contributed by atoms with Crippen LogP contribution >= 0.6 is 11.6 Å². The maximum Gasteiger partial charge on any atom is 0.314 e. The van der Waals surface area contributed by atoms with Gasteiger partial charge in [-0.05, 0) is 36.8 Å². The molecule has 0 heterocycles. The lowest BCUT2D eigenvalue weighted by molar-refractivity contribution is -0.133. The number of nitrogens with one attached hydrogen (secondary N) is 2. The van der Waals surface area contributed by atoms with E-state index in [1.54, 1.807) is 49.4 Å². The fourth-order valence-corrected chi connectivity index (χ4v) is 1.81. The molecule has 5 heteroatoms. The van der Waals surface area contributed by atoms with Gasteiger partial charge in [-0.3, -0.25) is 9.59 Å². The minimum atomic E-state index is -0.737. The number of amides is 2. The van der Waals surface area contributed by atoms with Gasteiger partial charge in [0.1, 0.15) is 0 Å². The van der Waals surface area contributed by atoms with Crippen molar-refractivity contribution in [3.8, 4) is 0 Å². The van der Waals surface area contributed by atoms with E-state index in [1.807, 2.05) is 6.07 Å². The molecule has 2 rings (SSSR count). The SMILES string of the molecule is Cc1c(Cl)cccc1NC(=O)C(=O)Nc1ccccc1. The quantitative estimate of drug-likeness (QED) is 0.834. The van der Waals surface area contributed by atoms with E-state index in [4.69, 9.17) is 11.6 Å². The molecule has 0 fully saturated rings. The molecule has 0 aliphatic rings. The molecule has 0 aliphatic carbocycles. The summed E-state index contributed by atoms with van der Waals surface area (Å²) in [6, 6.07) is 13.9. The topological polar surface area (TPSA) is 58.2 Å². The molecule has 20 heavy (non-hydrogen) atoms. The highest BCUT2D eigenvalue weighted by Crippen LogP contribution is 2.22. The second kappa shape index (κ2) is 6.21. The van der Waals surface area contributed by atoms with Crippen LogP contribution in [0.4, 0.5) is 11.4 Å². The van der Waals surface area contributed by atoms with Gasteiger partial charge in [-0.1, -0.05) is 35.9 Å². The predicted molar refractivity (Wildman–Crippen MR) is 79.9 cm³/mol. The van der Waals surface area contributed by atoms with Gasteiger partial charge in [-0.2, -0.15) is 0 Å². The molecule has 0 aromatic heterocycles. The molecule has 0 aliphatic heterocycles. The van der Waals surface area contributed by atoms with Crippen molar-refractivity contribution in [3.05, 3.63) is 59.1 Å². The van der Waals surface area contributed by atoms with Crippen LogP contribution in [-0.2, 0) is 9.59 Å². The van der Waals surface area contributed by atoms with Crippen LogP contribution in [0.15, 0.2) is 48.5 Å². The first-order valence-electron chi connectivity index (χ1n) is 6.00. The summed E-state index contributed by atoms with van der Waals surface area (Å²) in [7, 11) is 0. The van der Waals surface area contributed by atoms with Crippen LogP contribution < -0.4 is 10.6 Å². The zero-order valence-corrected chi connectivity index (χ0v) is 11.6. The Bertz CT molecular complexity index is 642. The van der Waals surface area contributed by atoms with Crippen molar-refractivity contribution in [1.29, 1.82) is 0 Å². The van der Waals surface area contributed by atoms with Crippen LogP contribution in [-0.4, -0.2) is 11.8 Å². The van der Waals surface area contributed by atoms with Crippen molar-refractivity contribution in [2.75, 3.05) is 10.6 Å². The fourth-order valence-electron chi connectivity index (χ4n) is 1.63. The summed E-state index contributed by atoms with van der Waals surface area (Å²) in [5.74, 6) is -1.46. The third kappa shape index (κ3) is 3.36. The van der Waals surface area contributed by atoms with Crippen LogP contribution in [0, 0.1) is 6.92 Å². The molecule has 2 amide bonds. The number of carbonyl (C=O) groups excluding carboxylic acids is 2. The molecule has 0 bridgehead atoms. The monoisotopic (exact) mass is 288 g/mol. The minimum Gasteiger partial charge on any atom is -0.318 e. The van der Waals surface area contributed by atoms with E-state index in [-0.39, 0.29) is 0 Å². The summed E-state index contributed by atoms with van der Waals surface area (Å²) in [6.07, 6.45) is 0. The smallest absolute Gasteiger partial charge is 0.314 e. The average molecular weight is 289 g/mol.